The van der Waals surface area contributed by atoms with E-state index < -0.39 is 6.04 Å². The Balaban J connectivity index is 2.89. The van der Waals surface area contributed by atoms with Gasteiger partial charge in [-0.25, -0.2) is 4.79 Å². The van der Waals surface area contributed by atoms with Gasteiger partial charge in [-0.15, -0.1) is 0 Å². The van der Waals surface area contributed by atoms with Gasteiger partial charge in [-0.3, -0.25) is 0 Å². The van der Waals surface area contributed by atoms with Crippen molar-refractivity contribution in [3.05, 3.63) is 45.8 Å². The summed E-state index contributed by atoms with van der Waals surface area (Å²) in [5, 5.41) is 6.49. The smallest absolute Gasteiger partial charge is 0.327 e. The van der Waals surface area contributed by atoms with Gasteiger partial charge in [-0.2, -0.15) is 0 Å². The first-order chi connectivity index (χ1) is 9.24. The van der Waals surface area contributed by atoms with Crippen molar-refractivity contribution < 1.29 is 9.53 Å². The van der Waals surface area contributed by atoms with Crippen LogP contribution < -0.4 is 5.32 Å². The van der Waals surface area contributed by atoms with Gasteiger partial charge in [-0.05, 0) is 23.1 Å². The molecule has 1 rings (SSSR count). The van der Waals surface area contributed by atoms with Crippen LogP contribution in [0.5, 0.6) is 0 Å². The van der Waals surface area contributed by atoms with E-state index >= 15 is 0 Å². The van der Waals surface area contributed by atoms with Gasteiger partial charge in [0, 0.05) is 18.0 Å². The van der Waals surface area contributed by atoms with Crippen molar-refractivity contribution in [3.8, 4) is 0 Å². The lowest BCUT2D eigenvalue weighted by molar-refractivity contribution is -0.143. The fraction of sp³-hybridized carbons (Fsp3) is 0.462. The minimum Gasteiger partial charge on any atom is -0.468 e. The summed E-state index contributed by atoms with van der Waals surface area (Å²) in [5.74, 6) is -0.346. The predicted molar refractivity (Wildman–Crippen MR) is 72.6 cm³/mol. The van der Waals surface area contributed by atoms with Crippen molar-refractivity contribution >= 4 is 5.97 Å². The molecule has 1 N–H and O–H groups in total. The zero-order chi connectivity index (χ0) is 14.1. The van der Waals surface area contributed by atoms with E-state index in [0.29, 0.717) is 6.54 Å². The number of hydrogen-bond acceptors (Lipinski definition) is 4. The molecule has 0 aliphatic carbocycles. The molecule has 19 heavy (non-hydrogen) atoms. The number of methoxy groups -OCH3 is 1. The molecule has 0 saturated heterocycles. The summed E-state index contributed by atoms with van der Waals surface area (Å²) in [5.41, 5.74) is 10.2. The second-order valence-corrected chi connectivity index (χ2v) is 3.92. The predicted octanol–water partition coefficient (Wildman–Crippen LogP) is 2.36. The highest BCUT2D eigenvalue weighted by molar-refractivity contribution is 5.78. The molecule has 0 aliphatic rings. The van der Waals surface area contributed by atoms with Gasteiger partial charge < -0.3 is 10.1 Å². The normalized spacial score (nSPS) is 11.5. The first-order valence-corrected chi connectivity index (χ1v) is 6.14. The van der Waals surface area contributed by atoms with Crippen LogP contribution >= 0.6 is 0 Å². The molecule has 0 fully saturated rings. The van der Waals surface area contributed by atoms with Crippen LogP contribution in [0.15, 0.2) is 29.4 Å². The first kappa shape index (κ1) is 15.0. The molecule has 0 aliphatic heterocycles. The highest BCUT2D eigenvalue weighted by atomic mass is 16.5. The Hall–Kier alpha value is -2.04. The molecule has 0 heterocycles. The summed E-state index contributed by atoms with van der Waals surface area (Å²) in [6.07, 6.45) is 0.835. The number of carbonyl (C=O) groups excluding carboxylic acids is 1. The average molecular weight is 262 g/mol. The number of azide groups is 1. The summed E-state index contributed by atoms with van der Waals surface area (Å²) >= 11 is 0. The van der Waals surface area contributed by atoms with E-state index in [-0.39, 0.29) is 12.5 Å². The minimum atomic E-state index is -0.532. The highest BCUT2D eigenvalue weighted by Gasteiger charge is 2.22. The molecule has 102 valence electrons. The van der Waals surface area contributed by atoms with Gasteiger partial charge >= 0.3 is 5.97 Å². The zero-order valence-corrected chi connectivity index (χ0v) is 11.2. The van der Waals surface area contributed by atoms with Crippen LogP contribution in [0, 0.1) is 0 Å². The fourth-order valence-corrected chi connectivity index (χ4v) is 1.88. The van der Waals surface area contributed by atoms with Crippen LogP contribution in [0.1, 0.15) is 24.1 Å². The molecule has 1 atom stereocenters. The number of aryl methyl sites for hydroxylation is 1. The molecular weight excluding hydrogens is 244 g/mol. The molecular formula is C13H18N4O2. The third-order valence-corrected chi connectivity index (χ3v) is 2.81. The molecule has 1 aromatic rings. The van der Waals surface area contributed by atoms with Crippen LogP contribution in [0.3, 0.4) is 0 Å². The van der Waals surface area contributed by atoms with E-state index in [1.54, 1.807) is 0 Å². The number of benzene rings is 1. The van der Waals surface area contributed by atoms with Crippen molar-refractivity contribution in [1.29, 1.82) is 0 Å². The van der Waals surface area contributed by atoms with Gasteiger partial charge in [-0.1, -0.05) is 36.3 Å². The van der Waals surface area contributed by atoms with Gasteiger partial charge in [0.05, 0.1) is 7.11 Å². The average Bonchev–Trinajstić information content (AvgIpc) is 2.46. The Kier molecular flexibility index (Phi) is 6.43. The lowest BCUT2D eigenvalue weighted by atomic mass is 9.98. The second-order valence-electron chi connectivity index (χ2n) is 3.92. The maximum absolute atomic E-state index is 11.9. The number of nitrogens with zero attached hydrogens (tertiary/aromatic N) is 3. The summed E-state index contributed by atoms with van der Waals surface area (Å²) in [6.45, 7) is 2.74. The Morgan fingerprint density at radius 1 is 1.53 bits per heavy atom. The number of rotatable bonds is 7. The SMILES string of the molecule is CCc1ccccc1C(NCCN=[N+]=[N-])C(=O)OC. The van der Waals surface area contributed by atoms with Crippen molar-refractivity contribution in [1.82, 2.24) is 5.32 Å². The molecule has 0 saturated carbocycles. The number of carbonyl (C=O) groups is 1. The van der Waals surface area contributed by atoms with E-state index in [4.69, 9.17) is 10.3 Å². The Morgan fingerprint density at radius 3 is 2.89 bits per heavy atom. The molecule has 1 unspecified atom stereocenters. The Morgan fingerprint density at radius 2 is 2.26 bits per heavy atom. The quantitative estimate of drug-likeness (QED) is 0.269. The number of hydrogen-bond donors (Lipinski definition) is 1. The van der Waals surface area contributed by atoms with Gasteiger partial charge in [0.1, 0.15) is 6.04 Å². The van der Waals surface area contributed by atoms with E-state index in [1.165, 1.54) is 7.11 Å². The first-order valence-electron chi connectivity index (χ1n) is 6.14. The summed E-state index contributed by atoms with van der Waals surface area (Å²) in [7, 11) is 1.36. The van der Waals surface area contributed by atoms with E-state index in [2.05, 4.69) is 15.3 Å². The number of esters is 1. The van der Waals surface area contributed by atoms with E-state index in [9.17, 15) is 4.79 Å². The largest absolute Gasteiger partial charge is 0.468 e. The van der Waals surface area contributed by atoms with Gasteiger partial charge in [0.2, 0.25) is 0 Å². The zero-order valence-electron chi connectivity index (χ0n) is 11.2. The van der Waals surface area contributed by atoms with Crippen LogP contribution in [0.25, 0.3) is 10.4 Å². The van der Waals surface area contributed by atoms with Crippen molar-refractivity contribution in [2.24, 2.45) is 5.11 Å². The number of nitrogens with one attached hydrogen (secondary N) is 1. The molecule has 0 aromatic heterocycles. The molecule has 6 heteroatoms. The maximum atomic E-state index is 11.9. The topological polar surface area (TPSA) is 87.1 Å². The van der Waals surface area contributed by atoms with Crippen molar-refractivity contribution in [3.63, 3.8) is 0 Å². The minimum absolute atomic E-state index is 0.290. The molecule has 6 nitrogen and oxygen atoms in total. The summed E-state index contributed by atoms with van der Waals surface area (Å²) < 4.78 is 4.82. The van der Waals surface area contributed by atoms with Crippen LogP contribution in [-0.4, -0.2) is 26.2 Å². The van der Waals surface area contributed by atoms with Crippen molar-refractivity contribution in [2.45, 2.75) is 19.4 Å². The molecule has 0 amide bonds. The third-order valence-electron chi connectivity index (χ3n) is 2.81. The third kappa shape index (κ3) is 4.28. The highest BCUT2D eigenvalue weighted by Crippen LogP contribution is 2.19. The fourth-order valence-electron chi connectivity index (χ4n) is 1.88. The van der Waals surface area contributed by atoms with Crippen LogP contribution in [0.4, 0.5) is 0 Å². The molecule has 1 aromatic carbocycles. The van der Waals surface area contributed by atoms with Crippen LogP contribution in [-0.2, 0) is 16.0 Å². The summed E-state index contributed by atoms with van der Waals surface area (Å²) in [4.78, 5) is 14.5. The molecule has 0 spiro atoms. The van der Waals surface area contributed by atoms with Crippen molar-refractivity contribution in [2.75, 3.05) is 20.2 Å². The second kappa shape index (κ2) is 8.13. The lowest BCUT2D eigenvalue weighted by Crippen LogP contribution is -2.32. The Labute approximate surface area is 112 Å². The monoisotopic (exact) mass is 262 g/mol. The van der Waals surface area contributed by atoms with Crippen LogP contribution in [0.2, 0.25) is 0 Å². The lowest BCUT2D eigenvalue weighted by Gasteiger charge is -2.19. The molecule has 0 bridgehead atoms. The maximum Gasteiger partial charge on any atom is 0.327 e. The standard InChI is InChI=1S/C13H18N4O2/c1-3-10-6-4-5-7-11(10)12(13(18)19-2)15-8-9-16-17-14/h4-7,12,15H,3,8-9H2,1-2H3. The van der Waals surface area contributed by atoms with Gasteiger partial charge in [0.25, 0.3) is 0 Å². The summed E-state index contributed by atoms with van der Waals surface area (Å²) in [6, 6.07) is 7.19. The van der Waals surface area contributed by atoms with Gasteiger partial charge in [0.15, 0.2) is 0 Å². The Bertz CT molecular complexity index is 469. The van der Waals surface area contributed by atoms with E-state index in [1.807, 2.05) is 31.2 Å². The molecule has 0 radical (unpaired) electrons. The van der Waals surface area contributed by atoms with E-state index in [0.717, 1.165) is 17.5 Å². The number of ether oxygens (including phenoxy) is 1.